The van der Waals surface area contributed by atoms with E-state index in [-0.39, 0.29) is 19.1 Å². The maximum Gasteiger partial charge on any atom is 0.319 e. The van der Waals surface area contributed by atoms with E-state index in [4.69, 9.17) is 9.47 Å². The first-order valence-corrected chi connectivity index (χ1v) is 4.15. The van der Waals surface area contributed by atoms with Gasteiger partial charge >= 0.3 is 11.9 Å². The highest BCUT2D eigenvalue weighted by Gasteiger charge is 2.25. The van der Waals surface area contributed by atoms with E-state index in [1.807, 2.05) is 0 Å². The summed E-state index contributed by atoms with van der Waals surface area (Å²) in [6.07, 6.45) is -0.381. The molecule has 4 nitrogen and oxygen atoms in total. The summed E-state index contributed by atoms with van der Waals surface area (Å²) in [4.78, 5) is 21.9. The zero-order valence-corrected chi connectivity index (χ0v) is 7.54. The van der Waals surface area contributed by atoms with E-state index in [0.717, 1.165) is 0 Å². The number of thiol groups is 1. The van der Waals surface area contributed by atoms with Crippen LogP contribution >= 0.6 is 12.6 Å². The molecule has 1 saturated heterocycles. The molecule has 2 atom stereocenters. The van der Waals surface area contributed by atoms with Gasteiger partial charge in [0.15, 0.2) is 0 Å². The Morgan fingerprint density at radius 1 is 1.50 bits per heavy atom. The Morgan fingerprint density at radius 3 is 2.83 bits per heavy atom. The highest BCUT2D eigenvalue weighted by Crippen LogP contribution is 2.10. The lowest BCUT2D eigenvalue weighted by Gasteiger charge is -2.19. The van der Waals surface area contributed by atoms with Crippen LogP contribution in [0, 0.1) is 0 Å². The van der Waals surface area contributed by atoms with Gasteiger partial charge in [0.1, 0.15) is 18.0 Å². The molecule has 0 amide bonds. The summed E-state index contributed by atoms with van der Waals surface area (Å²) in [5, 5.41) is -0.690. The molecule has 0 spiro atoms. The third kappa shape index (κ3) is 2.41. The molecule has 12 heavy (non-hydrogen) atoms. The molecule has 1 heterocycles. The van der Waals surface area contributed by atoms with Crippen LogP contribution in [0.2, 0.25) is 0 Å². The molecule has 2 unspecified atom stereocenters. The van der Waals surface area contributed by atoms with Crippen molar-refractivity contribution >= 4 is 24.6 Å². The summed E-state index contributed by atoms with van der Waals surface area (Å²) in [5.41, 5.74) is 0. The largest absolute Gasteiger partial charge is 0.461 e. The minimum absolute atomic E-state index is 0.0215. The first-order chi connectivity index (χ1) is 5.59. The van der Waals surface area contributed by atoms with Crippen molar-refractivity contribution in [3.05, 3.63) is 0 Å². The summed E-state index contributed by atoms with van der Waals surface area (Å²) < 4.78 is 9.61. The number of rotatable bonds is 0. The highest BCUT2D eigenvalue weighted by atomic mass is 32.1. The molecule has 0 aromatic carbocycles. The third-order valence-electron chi connectivity index (χ3n) is 1.43. The van der Waals surface area contributed by atoms with Crippen LogP contribution in [0.15, 0.2) is 0 Å². The van der Waals surface area contributed by atoms with Crippen LogP contribution in [0.1, 0.15) is 13.3 Å². The maximum absolute atomic E-state index is 11.0. The molecule has 0 N–H and O–H groups in total. The molecular weight excluding hydrogens is 180 g/mol. The molecule has 1 aliphatic rings. The predicted molar refractivity (Wildman–Crippen MR) is 43.9 cm³/mol. The van der Waals surface area contributed by atoms with E-state index in [1.165, 1.54) is 0 Å². The van der Waals surface area contributed by atoms with Gasteiger partial charge in [0.05, 0.1) is 6.42 Å². The van der Waals surface area contributed by atoms with Gasteiger partial charge in [-0.05, 0) is 6.92 Å². The summed E-state index contributed by atoms with van der Waals surface area (Å²) in [6.45, 7) is 1.78. The molecule has 1 fully saturated rings. The Hall–Kier alpha value is -0.710. The molecule has 5 heteroatoms. The maximum atomic E-state index is 11.0. The number of esters is 2. The van der Waals surface area contributed by atoms with E-state index in [9.17, 15) is 9.59 Å². The second kappa shape index (κ2) is 3.80. The van der Waals surface area contributed by atoms with Gasteiger partial charge in [0, 0.05) is 0 Å². The van der Waals surface area contributed by atoms with E-state index >= 15 is 0 Å². The fourth-order valence-corrected chi connectivity index (χ4v) is 1.07. The minimum Gasteiger partial charge on any atom is -0.461 e. The first-order valence-electron chi connectivity index (χ1n) is 3.64. The second-order valence-corrected chi connectivity index (χ2v) is 3.27. The lowest BCUT2D eigenvalue weighted by Crippen LogP contribution is -2.32. The Bertz CT molecular complexity index is 204. The number of cyclic esters (lactones) is 2. The molecule has 1 aliphatic heterocycles. The van der Waals surface area contributed by atoms with Gasteiger partial charge < -0.3 is 9.47 Å². The zero-order valence-electron chi connectivity index (χ0n) is 6.65. The fraction of sp³-hybridized carbons (Fsp3) is 0.714. The fourth-order valence-electron chi connectivity index (χ4n) is 0.843. The Balaban J connectivity index is 2.58. The van der Waals surface area contributed by atoms with Crippen LogP contribution in [0.25, 0.3) is 0 Å². The van der Waals surface area contributed by atoms with Gasteiger partial charge in [-0.25, -0.2) is 0 Å². The standard InChI is InChI=1S/C7H10O4S/c1-4-3-10-7(9)5(12)2-6(8)11-4/h4-5,12H,2-3H2,1H3. The summed E-state index contributed by atoms with van der Waals surface area (Å²) in [5.74, 6) is -0.860. The zero-order chi connectivity index (χ0) is 9.14. The van der Waals surface area contributed by atoms with E-state index in [0.29, 0.717) is 0 Å². The third-order valence-corrected chi connectivity index (χ3v) is 1.82. The number of hydrogen-bond donors (Lipinski definition) is 1. The van der Waals surface area contributed by atoms with Crippen molar-refractivity contribution in [3.8, 4) is 0 Å². The van der Waals surface area contributed by atoms with Gasteiger partial charge in [-0.2, -0.15) is 12.6 Å². The van der Waals surface area contributed by atoms with Crippen molar-refractivity contribution in [1.82, 2.24) is 0 Å². The van der Waals surface area contributed by atoms with E-state index in [1.54, 1.807) is 6.92 Å². The van der Waals surface area contributed by atoms with Gasteiger partial charge in [-0.15, -0.1) is 0 Å². The van der Waals surface area contributed by atoms with Gasteiger partial charge in [-0.3, -0.25) is 9.59 Å². The Labute approximate surface area is 75.6 Å². The smallest absolute Gasteiger partial charge is 0.319 e. The first kappa shape index (κ1) is 9.38. The molecule has 0 bridgehead atoms. The van der Waals surface area contributed by atoms with Crippen LogP contribution in [0.4, 0.5) is 0 Å². The number of carbonyl (C=O) groups is 2. The summed E-state index contributed by atoms with van der Waals surface area (Å²) in [6, 6.07) is 0. The molecule has 0 radical (unpaired) electrons. The molecule has 0 aliphatic carbocycles. The summed E-state index contributed by atoms with van der Waals surface area (Å²) >= 11 is 3.89. The number of ether oxygens (including phenoxy) is 2. The minimum atomic E-state index is -0.690. The van der Waals surface area contributed by atoms with Crippen LogP contribution < -0.4 is 0 Å². The van der Waals surface area contributed by atoms with Crippen molar-refractivity contribution < 1.29 is 19.1 Å². The summed E-state index contributed by atoms with van der Waals surface area (Å²) in [7, 11) is 0. The quantitative estimate of drug-likeness (QED) is 0.437. The van der Waals surface area contributed by atoms with E-state index < -0.39 is 17.2 Å². The monoisotopic (exact) mass is 190 g/mol. The molecular formula is C7H10O4S. The molecule has 0 aromatic heterocycles. The molecule has 68 valence electrons. The van der Waals surface area contributed by atoms with Gasteiger partial charge in [-0.1, -0.05) is 0 Å². The normalized spacial score (nSPS) is 31.5. The van der Waals surface area contributed by atoms with Crippen molar-refractivity contribution in [2.45, 2.75) is 24.7 Å². The second-order valence-electron chi connectivity index (χ2n) is 2.65. The predicted octanol–water partition coefficient (Wildman–Crippen LogP) is 0.163. The van der Waals surface area contributed by atoms with Crippen LogP contribution in [0.5, 0.6) is 0 Å². The van der Waals surface area contributed by atoms with Crippen molar-refractivity contribution in [2.75, 3.05) is 6.61 Å². The Morgan fingerprint density at radius 2 is 2.17 bits per heavy atom. The average molecular weight is 190 g/mol. The topological polar surface area (TPSA) is 52.6 Å². The van der Waals surface area contributed by atoms with Gasteiger partial charge in [0.2, 0.25) is 0 Å². The van der Waals surface area contributed by atoms with Crippen LogP contribution in [-0.4, -0.2) is 29.9 Å². The van der Waals surface area contributed by atoms with Crippen molar-refractivity contribution in [3.63, 3.8) is 0 Å². The van der Waals surface area contributed by atoms with Crippen molar-refractivity contribution in [1.29, 1.82) is 0 Å². The van der Waals surface area contributed by atoms with Gasteiger partial charge in [0.25, 0.3) is 0 Å². The molecule has 0 saturated carbocycles. The van der Waals surface area contributed by atoms with Crippen LogP contribution in [0.3, 0.4) is 0 Å². The average Bonchev–Trinajstić information content (AvgIpc) is 1.98. The number of carbonyl (C=O) groups excluding carboxylic acids is 2. The van der Waals surface area contributed by atoms with Crippen molar-refractivity contribution in [2.24, 2.45) is 0 Å². The number of hydrogen-bond acceptors (Lipinski definition) is 5. The Kier molecular flexibility index (Phi) is 2.97. The highest BCUT2D eigenvalue weighted by molar-refractivity contribution is 7.81. The molecule has 1 rings (SSSR count). The van der Waals surface area contributed by atoms with Crippen LogP contribution in [-0.2, 0) is 19.1 Å². The lowest BCUT2D eigenvalue weighted by atomic mass is 10.3. The SMILES string of the molecule is CC1COC(=O)C(S)CC(=O)O1. The van der Waals surface area contributed by atoms with E-state index in [2.05, 4.69) is 12.6 Å². The lowest BCUT2D eigenvalue weighted by molar-refractivity contribution is -0.163. The molecule has 0 aromatic rings.